The highest BCUT2D eigenvalue weighted by Crippen LogP contribution is 2.20. The highest BCUT2D eigenvalue weighted by Gasteiger charge is 2.09. The fraction of sp³-hybridized carbons (Fsp3) is 0.300. The maximum atomic E-state index is 10.9. The number of benzene rings is 1. The molecule has 76 valence electrons. The summed E-state index contributed by atoms with van der Waals surface area (Å²) in [6, 6.07) is 6.70. The van der Waals surface area contributed by atoms with Crippen LogP contribution in [0.2, 0.25) is 0 Å². The van der Waals surface area contributed by atoms with Crippen molar-refractivity contribution < 1.29 is 9.90 Å². The third-order valence-electron chi connectivity index (χ3n) is 1.87. The van der Waals surface area contributed by atoms with Crippen molar-refractivity contribution in [1.29, 1.82) is 0 Å². The smallest absolute Gasteiger partial charge is 0.221 e. The molecule has 0 aromatic heterocycles. The minimum atomic E-state index is -0.460. The van der Waals surface area contributed by atoms with Crippen molar-refractivity contribution in [3.05, 3.63) is 29.8 Å². The average Bonchev–Trinajstić information content (AvgIpc) is 2.16. The van der Waals surface area contributed by atoms with Crippen LogP contribution in [0, 0.1) is 0 Å². The number of aliphatic hydroxyl groups is 1. The average molecular weight is 194 g/mol. The van der Waals surface area contributed by atoms with E-state index in [1.807, 2.05) is 6.07 Å². The predicted octanol–water partition coefficient (Wildman–Crippen LogP) is 0.637. The molecule has 0 aliphatic carbocycles. The molecule has 0 heterocycles. The fourth-order valence-electron chi connectivity index (χ4n) is 1.22. The number of hydrogen-bond donors (Lipinski definition) is 3. The van der Waals surface area contributed by atoms with Gasteiger partial charge < -0.3 is 16.2 Å². The van der Waals surface area contributed by atoms with E-state index in [2.05, 4.69) is 5.32 Å². The number of carbonyl (C=O) groups is 1. The van der Waals surface area contributed by atoms with Crippen LogP contribution in [0.25, 0.3) is 0 Å². The SMILES string of the molecule is CC(=O)Nc1ccccc1[C@@H](N)CO. The minimum absolute atomic E-state index is 0.142. The van der Waals surface area contributed by atoms with Gasteiger partial charge in [-0.2, -0.15) is 0 Å². The summed E-state index contributed by atoms with van der Waals surface area (Å²) in [4.78, 5) is 10.9. The molecule has 4 heteroatoms. The van der Waals surface area contributed by atoms with Gasteiger partial charge in [-0.25, -0.2) is 0 Å². The molecule has 4 N–H and O–H groups in total. The zero-order chi connectivity index (χ0) is 10.6. The lowest BCUT2D eigenvalue weighted by Gasteiger charge is -2.13. The molecule has 1 atom stereocenters. The van der Waals surface area contributed by atoms with Crippen LogP contribution in [0.15, 0.2) is 24.3 Å². The molecule has 0 aliphatic rings. The van der Waals surface area contributed by atoms with Gasteiger partial charge in [0.2, 0.25) is 5.91 Å². The van der Waals surface area contributed by atoms with Crippen molar-refractivity contribution >= 4 is 11.6 Å². The molecule has 14 heavy (non-hydrogen) atoms. The van der Waals surface area contributed by atoms with E-state index in [0.717, 1.165) is 5.56 Å². The van der Waals surface area contributed by atoms with Gasteiger partial charge in [0.25, 0.3) is 0 Å². The number of rotatable bonds is 3. The van der Waals surface area contributed by atoms with Crippen molar-refractivity contribution in [3.8, 4) is 0 Å². The van der Waals surface area contributed by atoms with Gasteiger partial charge in [-0.05, 0) is 11.6 Å². The molecule has 0 radical (unpaired) electrons. The number of amides is 1. The first-order valence-corrected chi connectivity index (χ1v) is 4.38. The van der Waals surface area contributed by atoms with Crippen molar-refractivity contribution in [3.63, 3.8) is 0 Å². The summed E-state index contributed by atoms with van der Waals surface area (Å²) in [5.41, 5.74) is 7.06. The van der Waals surface area contributed by atoms with E-state index < -0.39 is 6.04 Å². The predicted molar refractivity (Wildman–Crippen MR) is 54.8 cm³/mol. The van der Waals surface area contributed by atoms with Gasteiger partial charge >= 0.3 is 0 Å². The number of nitrogens with one attached hydrogen (secondary N) is 1. The van der Waals surface area contributed by atoms with Gasteiger partial charge in [0.05, 0.1) is 12.6 Å². The standard InChI is InChI=1S/C10H14N2O2/c1-7(14)12-10-5-3-2-4-8(10)9(11)6-13/h2-5,9,13H,6,11H2,1H3,(H,12,14)/t9-/m0/s1. The van der Waals surface area contributed by atoms with Crippen LogP contribution in [-0.2, 0) is 4.79 Å². The fourth-order valence-corrected chi connectivity index (χ4v) is 1.22. The second-order valence-electron chi connectivity index (χ2n) is 3.06. The summed E-state index contributed by atoms with van der Waals surface area (Å²) in [5.74, 6) is -0.150. The zero-order valence-electron chi connectivity index (χ0n) is 8.03. The molecule has 0 fully saturated rings. The Kier molecular flexibility index (Phi) is 3.62. The van der Waals surface area contributed by atoms with Gasteiger partial charge in [-0.1, -0.05) is 18.2 Å². The Hall–Kier alpha value is -1.39. The van der Waals surface area contributed by atoms with E-state index in [0.29, 0.717) is 5.69 Å². The molecule has 1 rings (SSSR count). The van der Waals surface area contributed by atoms with Crippen LogP contribution in [0.5, 0.6) is 0 Å². The second kappa shape index (κ2) is 4.74. The number of anilines is 1. The van der Waals surface area contributed by atoms with E-state index in [4.69, 9.17) is 10.8 Å². The third kappa shape index (κ3) is 2.55. The van der Waals surface area contributed by atoms with Gasteiger partial charge in [0.1, 0.15) is 0 Å². The van der Waals surface area contributed by atoms with Crippen LogP contribution < -0.4 is 11.1 Å². The first-order chi connectivity index (χ1) is 6.65. The molecule has 1 amide bonds. The highest BCUT2D eigenvalue weighted by molar-refractivity contribution is 5.89. The normalized spacial score (nSPS) is 12.2. The summed E-state index contributed by atoms with van der Waals surface area (Å²) in [6.07, 6.45) is 0. The number of para-hydroxylation sites is 1. The summed E-state index contributed by atoms with van der Waals surface area (Å²) in [6.45, 7) is 1.29. The van der Waals surface area contributed by atoms with Crippen LogP contribution in [-0.4, -0.2) is 17.6 Å². The number of hydrogen-bond acceptors (Lipinski definition) is 3. The van der Waals surface area contributed by atoms with E-state index in [1.165, 1.54) is 6.92 Å². The number of carbonyl (C=O) groups excluding carboxylic acids is 1. The first-order valence-electron chi connectivity index (χ1n) is 4.38. The quantitative estimate of drug-likeness (QED) is 0.660. The summed E-state index contributed by atoms with van der Waals surface area (Å²) in [7, 11) is 0. The molecule has 0 spiro atoms. The molecular formula is C10H14N2O2. The lowest BCUT2D eigenvalue weighted by molar-refractivity contribution is -0.114. The minimum Gasteiger partial charge on any atom is -0.394 e. The van der Waals surface area contributed by atoms with Gasteiger partial charge in [0, 0.05) is 12.6 Å². The lowest BCUT2D eigenvalue weighted by Crippen LogP contribution is -2.18. The van der Waals surface area contributed by atoms with Crippen LogP contribution in [0.3, 0.4) is 0 Å². The van der Waals surface area contributed by atoms with E-state index in [9.17, 15) is 4.79 Å². The maximum absolute atomic E-state index is 10.9. The Morgan fingerprint density at radius 3 is 2.79 bits per heavy atom. The molecule has 0 saturated carbocycles. The van der Waals surface area contributed by atoms with Gasteiger partial charge in [-0.3, -0.25) is 4.79 Å². The third-order valence-corrected chi connectivity index (χ3v) is 1.87. The van der Waals surface area contributed by atoms with Crippen LogP contribution in [0.1, 0.15) is 18.5 Å². The first kappa shape index (κ1) is 10.7. The summed E-state index contributed by atoms with van der Waals surface area (Å²) < 4.78 is 0. The lowest BCUT2D eigenvalue weighted by atomic mass is 10.1. The summed E-state index contributed by atoms with van der Waals surface area (Å²) in [5, 5.41) is 11.6. The molecule has 0 aliphatic heterocycles. The van der Waals surface area contributed by atoms with Crippen molar-refractivity contribution in [2.24, 2.45) is 5.73 Å². The Balaban J connectivity index is 2.96. The highest BCUT2D eigenvalue weighted by atomic mass is 16.3. The molecule has 4 nitrogen and oxygen atoms in total. The largest absolute Gasteiger partial charge is 0.394 e. The van der Waals surface area contributed by atoms with Crippen LogP contribution >= 0.6 is 0 Å². The second-order valence-corrected chi connectivity index (χ2v) is 3.06. The molecular weight excluding hydrogens is 180 g/mol. The van der Waals surface area contributed by atoms with Crippen molar-refractivity contribution in [1.82, 2.24) is 0 Å². The number of aliphatic hydroxyl groups excluding tert-OH is 1. The van der Waals surface area contributed by atoms with E-state index in [-0.39, 0.29) is 12.5 Å². The Morgan fingerprint density at radius 1 is 1.57 bits per heavy atom. The topological polar surface area (TPSA) is 75.4 Å². The monoisotopic (exact) mass is 194 g/mol. The summed E-state index contributed by atoms with van der Waals surface area (Å²) >= 11 is 0. The van der Waals surface area contributed by atoms with Crippen molar-refractivity contribution in [2.75, 3.05) is 11.9 Å². The molecule has 0 unspecified atom stereocenters. The van der Waals surface area contributed by atoms with E-state index >= 15 is 0 Å². The Bertz CT molecular complexity index is 326. The van der Waals surface area contributed by atoms with Crippen molar-refractivity contribution in [2.45, 2.75) is 13.0 Å². The zero-order valence-corrected chi connectivity index (χ0v) is 8.03. The molecule has 0 bridgehead atoms. The molecule has 1 aromatic rings. The molecule has 1 aromatic carbocycles. The van der Waals surface area contributed by atoms with Gasteiger partial charge in [0.15, 0.2) is 0 Å². The molecule has 0 saturated heterocycles. The van der Waals surface area contributed by atoms with Crippen LogP contribution in [0.4, 0.5) is 5.69 Å². The Labute approximate surface area is 82.7 Å². The van der Waals surface area contributed by atoms with Gasteiger partial charge in [-0.15, -0.1) is 0 Å². The maximum Gasteiger partial charge on any atom is 0.221 e. The number of nitrogens with two attached hydrogens (primary N) is 1. The Morgan fingerprint density at radius 2 is 2.21 bits per heavy atom. The van der Waals surface area contributed by atoms with E-state index in [1.54, 1.807) is 18.2 Å².